The molecule has 0 aromatic carbocycles. The number of dihydropyridines is 2. The Morgan fingerprint density at radius 1 is 1.25 bits per heavy atom. The number of hydrogen-bond donors (Lipinski definition) is 6. The first kappa shape index (κ1) is 21.0. The molecule has 2 aliphatic heterocycles. The molecule has 0 atom stereocenters. The first-order valence-corrected chi connectivity index (χ1v) is 9.12. The largest absolute Gasteiger partial charge is 0.402 e. The highest BCUT2D eigenvalue weighted by molar-refractivity contribution is 6.03. The number of nitrogens with two attached hydrogens (primary N) is 1. The molecule has 7 N–H and O–H groups in total. The highest BCUT2D eigenvalue weighted by atomic mass is 15.1. The second-order valence-electron chi connectivity index (χ2n) is 6.94. The van der Waals surface area contributed by atoms with E-state index in [2.05, 4.69) is 20.9 Å². The Labute approximate surface area is 166 Å². The maximum atomic E-state index is 8.15. The second kappa shape index (κ2) is 9.03. The van der Waals surface area contributed by atoms with Crippen molar-refractivity contribution < 1.29 is 0 Å². The lowest BCUT2D eigenvalue weighted by Gasteiger charge is -2.26. The van der Waals surface area contributed by atoms with Gasteiger partial charge in [-0.2, -0.15) is 0 Å². The molecule has 0 saturated carbocycles. The van der Waals surface area contributed by atoms with Gasteiger partial charge in [-0.05, 0) is 49.6 Å². The van der Waals surface area contributed by atoms with Crippen LogP contribution in [-0.2, 0) is 0 Å². The van der Waals surface area contributed by atoms with E-state index in [0.717, 1.165) is 33.8 Å². The first-order valence-electron chi connectivity index (χ1n) is 9.12. The summed E-state index contributed by atoms with van der Waals surface area (Å²) in [4.78, 5) is 4.26. The molecule has 0 unspecified atom stereocenters. The van der Waals surface area contributed by atoms with Gasteiger partial charge in [-0.3, -0.25) is 10.4 Å². The van der Waals surface area contributed by atoms with Crippen LogP contribution < -0.4 is 21.7 Å². The van der Waals surface area contributed by atoms with Crippen molar-refractivity contribution in [2.45, 2.75) is 27.7 Å². The molecule has 28 heavy (non-hydrogen) atoms. The average Bonchev–Trinajstić information content (AvgIpc) is 2.65. The van der Waals surface area contributed by atoms with Crippen LogP contribution in [0.5, 0.6) is 0 Å². The minimum Gasteiger partial charge on any atom is -0.402 e. The molecule has 2 heterocycles. The van der Waals surface area contributed by atoms with Crippen molar-refractivity contribution in [1.29, 1.82) is 10.8 Å². The fourth-order valence-corrected chi connectivity index (χ4v) is 2.88. The zero-order valence-corrected chi connectivity index (χ0v) is 17.1. The summed E-state index contributed by atoms with van der Waals surface area (Å²) in [6.07, 6.45) is 10.7. The second-order valence-corrected chi connectivity index (χ2v) is 6.94. The van der Waals surface area contributed by atoms with Gasteiger partial charge in [-0.15, -0.1) is 0 Å². The topological polar surface area (TPSA) is 122 Å². The smallest absolute Gasteiger partial charge is 0.123 e. The Kier molecular flexibility index (Phi) is 6.76. The van der Waals surface area contributed by atoms with E-state index in [4.69, 9.17) is 16.6 Å². The number of nitrogens with one attached hydrogen (secondary N) is 5. The van der Waals surface area contributed by atoms with Gasteiger partial charge in [0.1, 0.15) is 11.7 Å². The SMILES string of the molecule is CN=C(C)C(C1=CNC2=CC=C(NC(=N)C=C(C=N)C(C)C)NC2=C1)=C(C)N. The van der Waals surface area contributed by atoms with E-state index < -0.39 is 0 Å². The van der Waals surface area contributed by atoms with Crippen LogP contribution in [0, 0.1) is 16.7 Å². The summed E-state index contributed by atoms with van der Waals surface area (Å²) in [5.41, 5.74) is 12.1. The van der Waals surface area contributed by atoms with E-state index in [1.54, 1.807) is 13.1 Å². The minimum atomic E-state index is 0.186. The van der Waals surface area contributed by atoms with Crippen molar-refractivity contribution in [2.24, 2.45) is 16.6 Å². The Hall–Kier alpha value is -3.35. The zero-order chi connectivity index (χ0) is 20.8. The molecule has 0 radical (unpaired) electrons. The fourth-order valence-electron chi connectivity index (χ4n) is 2.88. The molecule has 0 fully saturated rings. The van der Waals surface area contributed by atoms with Gasteiger partial charge in [0, 0.05) is 42.0 Å². The van der Waals surface area contributed by atoms with Crippen molar-refractivity contribution in [2.75, 3.05) is 7.05 Å². The molecule has 0 saturated heterocycles. The third kappa shape index (κ3) is 4.88. The summed E-state index contributed by atoms with van der Waals surface area (Å²) in [6, 6.07) is 0. The molecule has 0 spiro atoms. The summed E-state index contributed by atoms with van der Waals surface area (Å²) in [5.74, 6) is 1.09. The maximum Gasteiger partial charge on any atom is 0.123 e. The molecular weight excluding hydrogens is 350 g/mol. The molecule has 2 rings (SSSR count). The predicted molar refractivity (Wildman–Crippen MR) is 117 cm³/mol. The summed E-state index contributed by atoms with van der Waals surface area (Å²) in [5, 5.41) is 25.2. The number of nitrogens with zero attached hydrogens (tertiary/aromatic N) is 1. The van der Waals surface area contributed by atoms with E-state index >= 15 is 0 Å². The van der Waals surface area contributed by atoms with Crippen molar-refractivity contribution in [3.63, 3.8) is 0 Å². The monoisotopic (exact) mass is 379 g/mol. The standard InChI is InChI=1S/C21H29N7/c1-12(2)15(10-22)9-19(24)28-20-7-6-17-18(27-20)8-16(11-26-17)21(13(3)23)14(4)25-5/h6-12,22,26-27H,23H2,1-5H3,(H2,24,28). The molecule has 7 nitrogen and oxygen atoms in total. The predicted octanol–water partition coefficient (Wildman–Crippen LogP) is 2.81. The summed E-state index contributed by atoms with van der Waals surface area (Å²) in [6.45, 7) is 7.78. The van der Waals surface area contributed by atoms with E-state index in [1.165, 1.54) is 6.21 Å². The number of aliphatic imine (C=N–C) groups is 1. The van der Waals surface area contributed by atoms with E-state index in [1.807, 2.05) is 52.1 Å². The van der Waals surface area contributed by atoms with Gasteiger partial charge in [0.2, 0.25) is 0 Å². The van der Waals surface area contributed by atoms with Gasteiger partial charge < -0.3 is 27.1 Å². The first-order chi connectivity index (χ1) is 13.3. The van der Waals surface area contributed by atoms with Crippen LogP contribution in [-0.4, -0.2) is 24.8 Å². The average molecular weight is 380 g/mol. The highest BCUT2D eigenvalue weighted by Gasteiger charge is 2.19. The number of hydrogen-bond acceptors (Lipinski definition) is 6. The molecule has 0 aromatic heterocycles. The third-order valence-corrected chi connectivity index (χ3v) is 4.45. The Bertz CT molecular complexity index is 886. The van der Waals surface area contributed by atoms with Crippen LogP contribution in [0.3, 0.4) is 0 Å². The number of rotatable bonds is 6. The Morgan fingerprint density at radius 3 is 2.54 bits per heavy atom. The lowest BCUT2D eigenvalue weighted by atomic mass is 9.97. The van der Waals surface area contributed by atoms with Crippen LogP contribution in [0.4, 0.5) is 0 Å². The molecule has 0 amide bonds. The van der Waals surface area contributed by atoms with Gasteiger partial charge in [0.15, 0.2) is 0 Å². The van der Waals surface area contributed by atoms with Gasteiger partial charge in [-0.25, -0.2) is 0 Å². The molecule has 7 heteroatoms. The normalized spacial score (nSPS) is 17.8. The van der Waals surface area contributed by atoms with E-state index in [0.29, 0.717) is 11.5 Å². The third-order valence-electron chi connectivity index (χ3n) is 4.45. The van der Waals surface area contributed by atoms with Gasteiger partial charge in [-0.1, -0.05) is 13.8 Å². The van der Waals surface area contributed by atoms with Crippen LogP contribution in [0.1, 0.15) is 27.7 Å². The number of allylic oxidation sites excluding steroid dienone is 7. The van der Waals surface area contributed by atoms with E-state index in [-0.39, 0.29) is 11.8 Å². The molecule has 0 bridgehead atoms. The van der Waals surface area contributed by atoms with Crippen LogP contribution in [0.25, 0.3) is 0 Å². The zero-order valence-electron chi connectivity index (χ0n) is 17.1. The van der Waals surface area contributed by atoms with Crippen LogP contribution in [0.15, 0.2) is 75.1 Å². The van der Waals surface area contributed by atoms with Gasteiger partial charge in [0.05, 0.1) is 11.4 Å². The molecular formula is C21H29N7. The number of fused-ring (bicyclic) bond motifs is 1. The number of amidine groups is 1. The fraction of sp³-hybridized carbons (Fsp3) is 0.286. The van der Waals surface area contributed by atoms with Gasteiger partial charge in [0.25, 0.3) is 0 Å². The summed E-state index contributed by atoms with van der Waals surface area (Å²) in [7, 11) is 1.75. The van der Waals surface area contributed by atoms with Crippen LogP contribution >= 0.6 is 0 Å². The molecule has 2 aliphatic rings. The lowest BCUT2D eigenvalue weighted by Crippen LogP contribution is -2.35. The lowest BCUT2D eigenvalue weighted by molar-refractivity contribution is 0.804. The minimum absolute atomic E-state index is 0.186. The van der Waals surface area contributed by atoms with Crippen molar-refractivity contribution >= 4 is 17.8 Å². The highest BCUT2D eigenvalue weighted by Crippen LogP contribution is 2.24. The molecule has 0 aliphatic carbocycles. The Balaban J connectivity index is 2.21. The molecule has 148 valence electrons. The molecule has 0 aromatic rings. The van der Waals surface area contributed by atoms with Crippen molar-refractivity contribution in [3.8, 4) is 0 Å². The van der Waals surface area contributed by atoms with E-state index in [9.17, 15) is 0 Å². The Morgan fingerprint density at radius 2 is 1.96 bits per heavy atom. The van der Waals surface area contributed by atoms with Gasteiger partial charge >= 0.3 is 0 Å². The summed E-state index contributed by atoms with van der Waals surface area (Å²) < 4.78 is 0. The van der Waals surface area contributed by atoms with Crippen LogP contribution in [0.2, 0.25) is 0 Å². The quantitative estimate of drug-likeness (QED) is 0.314. The maximum absolute atomic E-state index is 8.15. The van der Waals surface area contributed by atoms with Crippen molar-refractivity contribution in [3.05, 3.63) is 70.1 Å². The summed E-state index contributed by atoms with van der Waals surface area (Å²) >= 11 is 0. The van der Waals surface area contributed by atoms with Crippen molar-refractivity contribution in [1.82, 2.24) is 16.0 Å².